The van der Waals surface area contributed by atoms with Gasteiger partial charge in [0.1, 0.15) is 5.76 Å². The van der Waals surface area contributed by atoms with E-state index in [-0.39, 0.29) is 12.1 Å². The van der Waals surface area contributed by atoms with Gasteiger partial charge >= 0.3 is 6.03 Å². The molecule has 25 heavy (non-hydrogen) atoms. The first-order chi connectivity index (χ1) is 12.0. The average molecular weight is 342 g/mol. The molecular weight excluding hydrogens is 316 g/mol. The highest BCUT2D eigenvalue weighted by atomic mass is 16.5. The molecule has 0 saturated carbocycles. The summed E-state index contributed by atoms with van der Waals surface area (Å²) in [5, 5.41) is 9.88. The quantitative estimate of drug-likeness (QED) is 0.873. The molecule has 1 atom stereocenters. The summed E-state index contributed by atoms with van der Waals surface area (Å²) in [6.45, 7) is 9.98. The Bertz CT molecular complexity index is 749. The van der Waals surface area contributed by atoms with Crippen LogP contribution in [0.1, 0.15) is 36.4 Å². The Kier molecular flexibility index (Phi) is 4.97. The van der Waals surface area contributed by atoms with E-state index in [1.807, 2.05) is 26.8 Å². The van der Waals surface area contributed by atoms with Crippen molar-refractivity contribution in [3.63, 3.8) is 0 Å². The summed E-state index contributed by atoms with van der Waals surface area (Å²) in [7, 11) is 0. The third-order valence-electron chi connectivity index (χ3n) is 4.79. The van der Waals surface area contributed by atoms with Gasteiger partial charge in [-0.2, -0.15) is 0 Å². The van der Waals surface area contributed by atoms with Crippen molar-refractivity contribution in [2.75, 3.05) is 23.3 Å². The molecule has 6 heteroatoms. The summed E-state index contributed by atoms with van der Waals surface area (Å²) in [4.78, 5) is 14.6. The van der Waals surface area contributed by atoms with Crippen LogP contribution in [0, 0.1) is 13.8 Å². The zero-order chi connectivity index (χ0) is 18.0. The minimum atomic E-state index is -0.194. The molecule has 2 heterocycles. The van der Waals surface area contributed by atoms with E-state index >= 15 is 0 Å². The fourth-order valence-corrected chi connectivity index (χ4v) is 3.39. The molecule has 2 amide bonds. The Hall–Kier alpha value is -2.50. The number of anilines is 2. The van der Waals surface area contributed by atoms with Crippen molar-refractivity contribution in [3.05, 3.63) is 40.8 Å². The Morgan fingerprint density at radius 3 is 2.88 bits per heavy atom. The second-order valence-corrected chi connectivity index (χ2v) is 6.68. The predicted octanol–water partition coefficient (Wildman–Crippen LogP) is 3.43. The van der Waals surface area contributed by atoms with Crippen molar-refractivity contribution >= 4 is 17.4 Å². The molecule has 3 rings (SSSR count). The van der Waals surface area contributed by atoms with Crippen molar-refractivity contribution in [1.29, 1.82) is 0 Å². The molecule has 1 aromatic carbocycles. The van der Waals surface area contributed by atoms with E-state index in [1.54, 1.807) is 0 Å². The van der Waals surface area contributed by atoms with E-state index < -0.39 is 0 Å². The number of carbonyl (C=O) groups is 1. The normalized spacial score (nSPS) is 14.3. The molecule has 0 bridgehead atoms. The number of rotatable bonds is 5. The van der Waals surface area contributed by atoms with E-state index in [0.29, 0.717) is 6.42 Å². The third-order valence-corrected chi connectivity index (χ3v) is 4.79. The molecule has 0 saturated heterocycles. The number of urea groups is 1. The van der Waals surface area contributed by atoms with Gasteiger partial charge in [-0.1, -0.05) is 11.2 Å². The maximum absolute atomic E-state index is 12.3. The van der Waals surface area contributed by atoms with Gasteiger partial charge in [0.2, 0.25) is 0 Å². The first-order valence-corrected chi connectivity index (χ1v) is 8.85. The lowest BCUT2D eigenvalue weighted by molar-refractivity contribution is 0.249. The molecule has 1 aromatic heterocycles. The van der Waals surface area contributed by atoms with Crippen molar-refractivity contribution in [2.45, 2.75) is 46.6 Å². The molecule has 1 aliphatic rings. The maximum atomic E-state index is 12.3. The largest absolute Gasteiger partial charge is 0.371 e. The molecule has 2 aromatic rings. The van der Waals surface area contributed by atoms with E-state index in [4.69, 9.17) is 4.52 Å². The minimum absolute atomic E-state index is 0.0154. The fourth-order valence-electron chi connectivity index (χ4n) is 3.39. The highest BCUT2D eigenvalue weighted by Crippen LogP contribution is 2.30. The zero-order valence-corrected chi connectivity index (χ0v) is 15.3. The van der Waals surface area contributed by atoms with Crippen LogP contribution in [0.3, 0.4) is 0 Å². The second-order valence-electron chi connectivity index (χ2n) is 6.68. The number of benzene rings is 1. The summed E-state index contributed by atoms with van der Waals surface area (Å²) >= 11 is 0. The number of nitrogens with zero attached hydrogens (tertiary/aromatic N) is 2. The number of aryl methyl sites for hydroxylation is 2. The Balaban J connectivity index is 1.59. The van der Waals surface area contributed by atoms with Gasteiger partial charge in [0.15, 0.2) is 0 Å². The Morgan fingerprint density at radius 1 is 1.40 bits per heavy atom. The smallest absolute Gasteiger partial charge is 0.319 e. The number of amides is 2. The van der Waals surface area contributed by atoms with Crippen molar-refractivity contribution in [2.24, 2.45) is 0 Å². The molecule has 1 unspecified atom stereocenters. The van der Waals surface area contributed by atoms with Gasteiger partial charge in [0.25, 0.3) is 0 Å². The monoisotopic (exact) mass is 342 g/mol. The van der Waals surface area contributed by atoms with Gasteiger partial charge in [-0.05, 0) is 58.2 Å². The minimum Gasteiger partial charge on any atom is -0.371 e. The fraction of sp³-hybridized carbons (Fsp3) is 0.474. The SMILES string of the molecule is CCN1CCc2ccc(NC(=O)NC(C)Cc3c(C)noc3C)cc21. The van der Waals surface area contributed by atoms with E-state index in [9.17, 15) is 4.79 Å². The molecule has 0 spiro atoms. The summed E-state index contributed by atoms with van der Waals surface area (Å²) < 4.78 is 5.18. The van der Waals surface area contributed by atoms with Crippen LogP contribution >= 0.6 is 0 Å². The van der Waals surface area contributed by atoms with Gasteiger partial charge in [-0.3, -0.25) is 0 Å². The molecule has 0 radical (unpaired) electrons. The second kappa shape index (κ2) is 7.17. The lowest BCUT2D eigenvalue weighted by Crippen LogP contribution is -2.37. The van der Waals surface area contributed by atoms with Crippen molar-refractivity contribution < 1.29 is 9.32 Å². The molecule has 6 nitrogen and oxygen atoms in total. The highest BCUT2D eigenvalue weighted by molar-refractivity contribution is 5.90. The van der Waals surface area contributed by atoms with Gasteiger partial charge in [0, 0.05) is 36.1 Å². The highest BCUT2D eigenvalue weighted by Gasteiger charge is 2.19. The maximum Gasteiger partial charge on any atom is 0.319 e. The number of hydrogen-bond acceptors (Lipinski definition) is 4. The number of hydrogen-bond donors (Lipinski definition) is 2. The van der Waals surface area contributed by atoms with Crippen LogP contribution in [0.15, 0.2) is 22.7 Å². The van der Waals surface area contributed by atoms with Crippen LogP contribution in [-0.2, 0) is 12.8 Å². The van der Waals surface area contributed by atoms with Crippen molar-refractivity contribution in [3.8, 4) is 0 Å². The van der Waals surface area contributed by atoms with Crippen molar-refractivity contribution in [1.82, 2.24) is 10.5 Å². The Morgan fingerprint density at radius 2 is 2.20 bits per heavy atom. The summed E-state index contributed by atoms with van der Waals surface area (Å²) in [5.74, 6) is 0.810. The van der Waals surface area contributed by atoms with Crippen LogP contribution in [0.2, 0.25) is 0 Å². The van der Waals surface area contributed by atoms with Gasteiger partial charge < -0.3 is 20.1 Å². The molecule has 0 aliphatic carbocycles. The molecule has 134 valence electrons. The number of fused-ring (bicyclic) bond motifs is 1. The molecular formula is C19H26N4O2. The number of aromatic nitrogens is 1. The molecule has 1 aliphatic heterocycles. The van der Waals surface area contributed by atoms with Gasteiger partial charge in [-0.25, -0.2) is 4.79 Å². The van der Waals surface area contributed by atoms with Crippen LogP contribution in [0.4, 0.5) is 16.2 Å². The van der Waals surface area contributed by atoms with E-state index in [1.165, 1.54) is 11.3 Å². The lowest BCUT2D eigenvalue weighted by atomic mass is 10.1. The first kappa shape index (κ1) is 17.3. The topological polar surface area (TPSA) is 70.4 Å². The molecule has 2 N–H and O–H groups in total. The predicted molar refractivity (Wildman–Crippen MR) is 99.3 cm³/mol. The summed E-state index contributed by atoms with van der Waals surface area (Å²) in [6, 6.07) is 5.92. The first-order valence-electron chi connectivity index (χ1n) is 8.85. The van der Waals surface area contributed by atoms with Crippen LogP contribution < -0.4 is 15.5 Å². The third kappa shape index (κ3) is 3.78. The van der Waals surface area contributed by atoms with Gasteiger partial charge in [0.05, 0.1) is 5.69 Å². The average Bonchev–Trinajstić information content (AvgIpc) is 3.12. The van der Waals surface area contributed by atoms with Gasteiger partial charge in [-0.15, -0.1) is 0 Å². The standard InChI is InChI=1S/C19H26N4O2/c1-5-23-9-8-15-6-7-16(11-18(15)23)21-19(24)20-12(2)10-17-13(3)22-25-14(17)4/h6-7,11-12H,5,8-10H2,1-4H3,(H2,20,21,24). The van der Waals surface area contributed by atoms with Crippen LogP contribution in [0.5, 0.6) is 0 Å². The van der Waals surface area contributed by atoms with Crippen LogP contribution in [-0.4, -0.2) is 30.3 Å². The van der Waals surface area contributed by atoms with Crippen LogP contribution in [0.25, 0.3) is 0 Å². The summed E-state index contributed by atoms with van der Waals surface area (Å²) in [5.41, 5.74) is 5.33. The lowest BCUT2D eigenvalue weighted by Gasteiger charge is -2.18. The molecule has 0 fully saturated rings. The number of carbonyl (C=O) groups excluding carboxylic acids is 1. The number of likely N-dealkylation sites (N-methyl/N-ethyl adjacent to an activating group) is 1. The number of nitrogens with one attached hydrogen (secondary N) is 2. The van der Waals surface area contributed by atoms with E-state index in [0.717, 1.165) is 42.2 Å². The summed E-state index contributed by atoms with van der Waals surface area (Å²) in [6.07, 6.45) is 1.77. The van der Waals surface area contributed by atoms with E-state index in [2.05, 4.69) is 39.7 Å². The Labute approximate surface area is 148 Å². The zero-order valence-electron chi connectivity index (χ0n) is 15.3.